The Bertz CT molecular complexity index is 1090. The lowest BCUT2D eigenvalue weighted by Crippen LogP contribution is -2.47. The number of aromatic nitrogens is 3. The van der Waals surface area contributed by atoms with Crippen LogP contribution in [0.1, 0.15) is 57.4 Å². The molecule has 0 spiro atoms. The minimum Gasteiger partial charge on any atom is -0.389 e. The van der Waals surface area contributed by atoms with Crippen LogP contribution < -0.4 is 0 Å². The molecule has 2 aliphatic rings. The third kappa shape index (κ3) is 3.32. The van der Waals surface area contributed by atoms with Gasteiger partial charge >= 0.3 is 0 Å². The van der Waals surface area contributed by atoms with Crippen molar-refractivity contribution in [2.24, 2.45) is 5.92 Å². The van der Waals surface area contributed by atoms with Crippen molar-refractivity contribution >= 4 is 27.7 Å². The molecular formula is C24H30N4O2. The first-order valence-electron chi connectivity index (χ1n) is 11.2. The number of H-pyrrole nitrogens is 1. The maximum absolute atomic E-state index is 12.8. The Balaban J connectivity index is 1.53. The van der Waals surface area contributed by atoms with Gasteiger partial charge in [-0.3, -0.25) is 9.69 Å². The molecule has 1 saturated carbocycles. The number of nitrogens with zero attached hydrogens (tertiary/aromatic N) is 3. The van der Waals surface area contributed by atoms with Crippen LogP contribution in [0.25, 0.3) is 21.9 Å². The maximum atomic E-state index is 12.8. The van der Waals surface area contributed by atoms with Gasteiger partial charge in [-0.1, -0.05) is 6.92 Å². The van der Waals surface area contributed by atoms with Crippen molar-refractivity contribution in [1.29, 1.82) is 0 Å². The highest BCUT2D eigenvalue weighted by Gasteiger charge is 2.43. The van der Waals surface area contributed by atoms with Crippen molar-refractivity contribution in [3.05, 3.63) is 36.3 Å². The standard InChI is InChI=1S/C24H30N4O2/c1-3-21(29)17-5-4-15(12-20(17)28-11-8-24(2,30)14-28)16-6-9-25-19-13-27-23-18(22(16)19)7-10-26-23/h6-7,9-10,13,15,17,20,25,30H,3-5,8,11-12,14H2,1-2H3. The second-order valence-corrected chi connectivity index (χ2v) is 9.38. The molecule has 3 aromatic rings. The van der Waals surface area contributed by atoms with Gasteiger partial charge in [0, 0.05) is 54.6 Å². The van der Waals surface area contributed by atoms with Crippen LogP contribution in [0, 0.1) is 5.92 Å². The van der Waals surface area contributed by atoms with Crippen LogP contribution in [0.3, 0.4) is 0 Å². The fourth-order valence-corrected chi connectivity index (χ4v) is 5.76. The van der Waals surface area contributed by atoms with Crippen LogP contribution in [0.4, 0.5) is 0 Å². The van der Waals surface area contributed by atoms with Crippen molar-refractivity contribution in [3.63, 3.8) is 0 Å². The van der Waals surface area contributed by atoms with E-state index in [-0.39, 0.29) is 12.0 Å². The molecule has 5 rings (SSSR count). The number of hydrogen-bond acceptors (Lipinski definition) is 5. The summed E-state index contributed by atoms with van der Waals surface area (Å²) in [6.45, 7) is 5.40. The summed E-state index contributed by atoms with van der Waals surface area (Å²) in [4.78, 5) is 27.4. The predicted octanol–water partition coefficient (Wildman–Crippen LogP) is 3.80. The normalized spacial score (nSPS) is 30.3. The van der Waals surface area contributed by atoms with E-state index in [4.69, 9.17) is 0 Å². The Morgan fingerprint density at radius 3 is 2.97 bits per heavy atom. The van der Waals surface area contributed by atoms with Gasteiger partial charge in [0.1, 0.15) is 5.78 Å². The second kappa shape index (κ2) is 7.43. The third-order valence-electron chi connectivity index (χ3n) is 7.29. The van der Waals surface area contributed by atoms with Crippen molar-refractivity contribution in [2.75, 3.05) is 13.1 Å². The Labute approximate surface area is 176 Å². The summed E-state index contributed by atoms with van der Waals surface area (Å²) in [6.07, 6.45) is 9.92. The number of aromatic amines is 1. The zero-order valence-corrected chi connectivity index (χ0v) is 17.8. The Morgan fingerprint density at radius 2 is 2.20 bits per heavy atom. The largest absolute Gasteiger partial charge is 0.389 e. The molecule has 1 aliphatic carbocycles. The fraction of sp³-hybridized carbons (Fsp3) is 0.542. The summed E-state index contributed by atoms with van der Waals surface area (Å²) in [7, 11) is 0. The van der Waals surface area contributed by atoms with Crippen molar-refractivity contribution in [2.45, 2.75) is 63.5 Å². The van der Waals surface area contributed by atoms with Gasteiger partial charge < -0.3 is 10.1 Å². The maximum Gasteiger partial charge on any atom is 0.159 e. The molecule has 2 N–H and O–H groups in total. The first-order chi connectivity index (χ1) is 14.5. The number of rotatable bonds is 4. The quantitative estimate of drug-likeness (QED) is 0.689. The Hall–Kier alpha value is -2.31. The first kappa shape index (κ1) is 19.6. The molecule has 4 atom stereocenters. The van der Waals surface area contributed by atoms with Gasteiger partial charge in [0.2, 0.25) is 0 Å². The van der Waals surface area contributed by atoms with Gasteiger partial charge in [0.15, 0.2) is 5.65 Å². The van der Waals surface area contributed by atoms with Crippen LogP contribution in [0.2, 0.25) is 0 Å². The number of hydrogen-bond donors (Lipinski definition) is 2. The smallest absolute Gasteiger partial charge is 0.159 e. The third-order valence-corrected chi connectivity index (χ3v) is 7.29. The molecule has 6 heteroatoms. The van der Waals surface area contributed by atoms with Crippen LogP contribution in [0.5, 0.6) is 0 Å². The highest BCUT2D eigenvalue weighted by molar-refractivity contribution is 6.05. The molecular weight excluding hydrogens is 376 g/mol. The summed E-state index contributed by atoms with van der Waals surface area (Å²) >= 11 is 0. The zero-order valence-electron chi connectivity index (χ0n) is 17.8. The molecule has 6 nitrogen and oxygen atoms in total. The number of carbonyl (C=O) groups excluding carboxylic acids is 1. The molecule has 4 heterocycles. The summed E-state index contributed by atoms with van der Waals surface area (Å²) in [5, 5.41) is 12.8. The van der Waals surface area contributed by atoms with Gasteiger partial charge in [-0.25, -0.2) is 9.97 Å². The highest BCUT2D eigenvalue weighted by Crippen LogP contribution is 2.43. The molecule has 4 unspecified atom stereocenters. The Kier molecular flexibility index (Phi) is 4.86. The number of Topliss-reactive ketones (excluding diaryl/α,β-unsaturated/α-hetero) is 1. The van der Waals surface area contributed by atoms with Gasteiger partial charge in [-0.15, -0.1) is 0 Å². The van der Waals surface area contributed by atoms with Gasteiger partial charge in [-0.05, 0) is 56.2 Å². The van der Waals surface area contributed by atoms with E-state index >= 15 is 0 Å². The SMILES string of the molecule is CCC(=O)C1CCC(c2cc[nH]c3cnc4nccc4c23)CC1N1CCC(C)(O)C1. The second-order valence-electron chi connectivity index (χ2n) is 9.38. The number of carbonyl (C=O) groups is 1. The molecule has 30 heavy (non-hydrogen) atoms. The number of pyridine rings is 2. The van der Waals surface area contributed by atoms with E-state index in [9.17, 15) is 9.90 Å². The minimum absolute atomic E-state index is 0.0731. The number of nitrogens with one attached hydrogen (secondary N) is 1. The van der Waals surface area contributed by atoms with E-state index in [2.05, 4.69) is 25.9 Å². The van der Waals surface area contributed by atoms with Crippen molar-refractivity contribution < 1.29 is 9.90 Å². The summed E-state index contributed by atoms with van der Waals surface area (Å²) in [5.74, 6) is 0.811. The van der Waals surface area contributed by atoms with Gasteiger partial charge in [0.25, 0.3) is 0 Å². The molecule has 1 saturated heterocycles. The molecule has 158 valence electrons. The lowest BCUT2D eigenvalue weighted by Gasteiger charge is -2.41. The van der Waals surface area contributed by atoms with Crippen LogP contribution in [-0.4, -0.2) is 55.5 Å². The molecule has 1 aliphatic heterocycles. The molecule has 0 amide bonds. The molecule has 2 fully saturated rings. The number of β-amino-alcohol motifs (C(OH)–C–C–N with tert-alkyl or cyclic N) is 1. The van der Waals surface area contributed by atoms with E-state index in [1.807, 2.05) is 38.5 Å². The lowest BCUT2D eigenvalue weighted by atomic mass is 9.72. The number of fused-ring (bicyclic) bond motifs is 3. The van der Waals surface area contributed by atoms with Crippen LogP contribution in [0.15, 0.2) is 30.7 Å². The van der Waals surface area contributed by atoms with Crippen LogP contribution in [-0.2, 0) is 4.79 Å². The number of aliphatic hydroxyl groups is 1. The topological polar surface area (TPSA) is 82.1 Å². The molecule has 0 bridgehead atoms. The lowest BCUT2D eigenvalue weighted by molar-refractivity contribution is -0.126. The molecule has 0 aromatic carbocycles. The van der Waals surface area contributed by atoms with E-state index in [1.165, 1.54) is 10.9 Å². The number of ketones is 1. The summed E-state index contributed by atoms with van der Waals surface area (Å²) < 4.78 is 0. The van der Waals surface area contributed by atoms with Gasteiger partial charge in [-0.2, -0.15) is 0 Å². The average Bonchev–Trinajstić information content (AvgIpc) is 3.38. The van der Waals surface area contributed by atoms with E-state index in [0.717, 1.165) is 48.8 Å². The van der Waals surface area contributed by atoms with E-state index in [1.54, 1.807) is 0 Å². The summed E-state index contributed by atoms with van der Waals surface area (Å²) in [6, 6.07) is 4.43. The predicted molar refractivity (Wildman–Crippen MR) is 117 cm³/mol. The average molecular weight is 407 g/mol. The zero-order chi connectivity index (χ0) is 20.9. The molecule has 0 radical (unpaired) electrons. The van der Waals surface area contributed by atoms with Gasteiger partial charge in [0.05, 0.1) is 17.3 Å². The van der Waals surface area contributed by atoms with Crippen molar-refractivity contribution in [1.82, 2.24) is 19.9 Å². The summed E-state index contributed by atoms with van der Waals surface area (Å²) in [5.41, 5.74) is 2.48. The van der Waals surface area contributed by atoms with Crippen molar-refractivity contribution in [3.8, 4) is 0 Å². The monoisotopic (exact) mass is 406 g/mol. The Morgan fingerprint density at radius 1 is 1.33 bits per heavy atom. The minimum atomic E-state index is -0.653. The highest BCUT2D eigenvalue weighted by atomic mass is 16.3. The van der Waals surface area contributed by atoms with Crippen LogP contribution >= 0.6 is 0 Å². The molecule has 3 aromatic heterocycles. The van der Waals surface area contributed by atoms with E-state index < -0.39 is 5.60 Å². The van der Waals surface area contributed by atoms with E-state index in [0.29, 0.717) is 24.7 Å². The fourth-order valence-electron chi connectivity index (χ4n) is 5.76. The first-order valence-corrected chi connectivity index (χ1v) is 11.2. The number of likely N-dealkylation sites (tertiary alicyclic amines) is 1.